The van der Waals surface area contributed by atoms with Crippen LogP contribution in [0.25, 0.3) is 22.2 Å². The molecule has 3 aromatic rings. The lowest BCUT2D eigenvalue weighted by molar-refractivity contribution is -0.146. The molecule has 1 unspecified atom stereocenters. The smallest absolute Gasteiger partial charge is 0.320 e. The quantitative estimate of drug-likeness (QED) is 0.163. The van der Waals surface area contributed by atoms with E-state index in [1.54, 1.807) is 29.0 Å². The maximum Gasteiger partial charge on any atom is 0.320 e. The highest BCUT2D eigenvalue weighted by atomic mass is 28.4. The Balaban J connectivity index is 1.08. The SMILES string of the molecule is C=CC(=O)N1CO[Si@@]2(CCN(C(=O)N(C)[C@H](C(=O)N[Si]C3C[C@H]4CN(CCO[Si]4)c4ccc5c(c4)c(c(-c4cccnc4[C@H](C)OC)n5CC)CC(C)(C)COC(=O)[C@@H]4CCCN(N[Si]4)C3=O)C(C)C)C2)C1. The fraction of sp³-hybridized carbons (Fsp3) is 0.600. The lowest BCUT2D eigenvalue weighted by atomic mass is 9.84. The molecule has 1 aromatic carbocycles. The normalized spacial score (nSPS) is 24.9. The molecular formula is C50H71N9O9Si4. The summed E-state index contributed by atoms with van der Waals surface area (Å²) in [5, 5.41) is 6.11. The van der Waals surface area contributed by atoms with E-state index in [0.717, 1.165) is 45.6 Å². The number of pyridine rings is 1. The molecule has 8 rings (SSSR count). The summed E-state index contributed by atoms with van der Waals surface area (Å²) in [4.78, 5) is 85.1. The summed E-state index contributed by atoms with van der Waals surface area (Å²) < 4.78 is 27.0. The summed E-state index contributed by atoms with van der Waals surface area (Å²) in [6, 6.07) is 10.4. The number of aryl methyl sites for hydroxylation is 1. The van der Waals surface area contributed by atoms with Crippen LogP contribution in [0.2, 0.25) is 22.7 Å². The van der Waals surface area contributed by atoms with Crippen LogP contribution in [0.5, 0.6) is 0 Å². The van der Waals surface area contributed by atoms with E-state index in [-0.39, 0.29) is 89.7 Å². The largest absolute Gasteiger partial charge is 0.465 e. The molecule has 7 heterocycles. The molecule has 6 atom stereocenters. The van der Waals surface area contributed by atoms with Gasteiger partial charge in [0.25, 0.3) is 0 Å². The van der Waals surface area contributed by atoms with Crippen molar-refractivity contribution in [2.24, 2.45) is 11.3 Å². The predicted octanol–water partition coefficient (Wildman–Crippen LogP) is 4.67. The first-order valence-electron chi connectivity index (χ1n) is 25.3. The van der Waals surface area contributed by atoms with Gasteiger partial charge in [0.15, 0.2) is 19.4 Å². The molecule has 5 amide bonds. The number of anilines is 1. The van der Waals surface area contributed by atoms with Gasteiger partial charge in [-0.05, 0) is 99.0 Å². The number of hydrogen-bond donors (Lipinski definition) is 2. The maximum absolute atomic E-state index is 14.9. The monoisotopic (exact) mass is 1050 g/mol. The van der Waals surface area contributed by atoms with Crippen molar-refractivity contribution >= 4 is 83.8 Å². The molecule has 22 heteroatoms. The Bertz CT molecular complexity index is 2510. The Morgan fingerprint density at radius 2 is 1.93 bits per heavy atom. The first kappa shape index (κ1) is 53.6. The van der Waals surface area contributed by atoms with Crippen molar-refractivity contribution in [3.63, 3.8) is 0 Å². The Kier molecular flexibility index (Phi) is 17.0. The third-order valence-corrected chi connectivity index (χ3v) is 22.2. The number of nitrogens with one attached hydrogen (secondary N) is 2. The van der Waals surface area contributed by atoms with Crippen molar-refractivity contribution in [2.45, 2.75) is 109 Å². The van der Waals surface area contributed by atoms with Crippen molar-refractivity contribution in [1.29, 1.82) is 0 Å². The van der Waals surface area contributed by atoms with Gasteiger partial charge in [-0.3, -0.25) is 34.3 Å². The molecule has 18 nitrogen and oxygen atoms in total. The van der Waals surface area contributed by atoms with Gasteiger partial charge in [0, 0.05) is 93.0 Å². The number of methoxy groups -OCH3 is 1. The minimum absolute atomic E-state index is 0.0456. The number of carbonyl (C=O) groups is 5. The first-order valence-corrected chi connectivity index (χ1v) is 31.0. The number of amides is 5. The summed E-state index contributed by atoms with van der Waals surface area (Å²) in [6.45, 7) is 19.8. The molecule has 6 bridgehead atoms. The van der Waals surface area contributed by atoms with Crippen LogP contribution in [-0.4, -0.2) is 175 Å². The molecule has 72 heavy (non-hydrogen) atoms. The second-order valence-electron chi connectivity index (χ2n) is 21.0. The number of nitrogens with zero attached hydrogens (tertiary/aromatic N) is 7. The van der Waals surface area contributed by atoms with E-state index in [1.165, 1.54) is 11.0 Å². The molecule has 0 aliphatic carbocycles. The van der Waals surface area contributed by atoms with Crippen molar-refractivity contribution < 1.29 is 42.3 Å². The zero-order valence-corrected chi connectivity index (χ0v) is 47.1. The summed E-state index contributed by atoms with van der Waals surface area (Å²) in [5.41, 5.74) is 4.69. The Morgan fingerprint density at radius 1 is 1.14 bits per heavy atom. The van der Waals surface area contributed by atoms with Crippen LogP contribution in [0.3, 0.4) is 0 Å². The van der Waals surface area contributed by atoms with E-state index >= 15 is 0 Å². The van der Waals surface area contributed by atoms with Gasteiger partial charge >= 0.3 is 12.0 Å². The molecule has 0 saturated carbocycles. The van der Waals surface area contributed by atoms with E-state index in [2.05, 4.69) is 71.2 Å². The molecule has 6 radical (unpaired) electrons. The number of rotatable bonds is 10. The Morgan fingerprint density at radius 3 is 2.68 bits per heavy atom. The fourth-order valence-electron chi connectivity index (χ4n) is 10.9. The number of urea groups is 1. The van der Waals surface area contributed by atoms with Crippen LogP contribution < -0.4 is 15.0 Å². The van der Waals surface area contributed by atoms with Crippen LogP contribution in [0.1, 0.15) is 78.2 Å². The third kappa shape index (κ3) is 11.5. The van der Waals surface area contributed by atoms with Gasteiger partial charge in [-0.15, -0.1) is 0 Å². The third-order valence-electron chi connectivity index (χ3n) is 14.8. The van der Waals surface area contributed by atoms with E-state index in [1.807, 2.05) is 33.0 Å². The van der Waals surface area contributed by atoms with E-state index in [0.29, 0.717) is 76.8 Å². The number of esters is 1. The number of benzene rings is 1. The molecule has 386 valence electrons. The number of carbonyl (C=O) groups excluding carboxylic acids is 5. The molecule has 4 fully saturated rings. The maximum atomic E-state index is 14.9. The van der Waals surface area contributed by atoms with Crippen LogP contribution >= 0.6 is 0 Å². The summed E-state index contributed by atoms with van der Waals surface area (Å²) in [7, 11) is 0.716. The molecule has 4 saturated heterocycles. The first-order chi connectivity index (χ1) is 34.5. The Labute approximate surface area is 432 Å². The minimum atomic E-state index is -2.40. The second kappa shape index (κ2) is 22.8. The molecular weight excluding hydrogens is 983 g/mol. The van der Waals surface area contributed by atoms with Crippen molar-refractivity contribution in [3.8, 4) is 11.3 Å². The van der Waals surface area contributed by atoms with Crippen LogP contribution in [0, 0.1) is 11.3 Å². The van der Waals surface area contributed by atoms with Crippen LogP contribution in [-0.2, 0) is 50.5 Å². The van der Waals surface area contributed by atoms with Gasteiger partial charge in [-0.25, -0.2) is 4.79 Å². The second-order valence-corrected chi connectivity index (χ2v) is 28.5. The Hall–Kier alpha value is -4.69. The van der Waals surface area contributed by atoms with E-state index < -0.39 is 30.9 Å². The highest BCUT2D eigenvalue weighted by Crippen LogP contribution is 2.42. The summed E-state index contributed by atoms with van der Waals surface area (Å²) >= 11 is 0. The van der Waals surface area contributed by atoms with Crippen LogP contribution in [0.4, 0.5) is 10.5 Å². The average Bonchev–Trinajstić information content (AvgIpc) is 3.93. The highest BCUT2D eigenvalue weighted by molar-refractivity contribution is 6.75. The van der Waals surface area contributed by atoms with Gasteiger partial charge in [0.2, 0.25) is 35.8 Å². The number of likely N-dealkylation sites (N-methyl/N-ethyl adjacent to an activating group) is 1. The van der Waals surface area contributed by atoms with Crippen molar-refractivity contribution in [2.75, 3.05) is 77.5 Å². The van der Waals surface area contributed by atoms with Gasteiger partial charge in [0.1, 0.15) is 12.8 Å². The number of hydrazine groups is 1. The van der Waals surface area contributed by atoms with E-state index in [9.17, 15) is 24.0 Å². The van der Waals surface area contributed by atoms with Gasteiger partial charge < -0.3 is 47.5 Å². The van der Waals surface area contributed by atoms with Gasteiger partial charge in [-0.1, -0.05) is 34.3 Å². The van der Waals surface area contributed by atoms with Crippen molar-refractivity contribution in [1.82, 2.24) is 39.3 Å². The van der Waals surface area contributed by atoms with Gasteiger partial charge in [0.05, 0.1) is 41.8 Å². The predicted molar refractivity (Wildman–Crippen MR) is 280 cm³/mol. The molecule has 5 aliphatic rings. The average molecular weight is 1050 g/mol. The zero-order chi connectivity index (χ0) is 51.5. The van der Waals surface area contributed by atoms with Gasteiger partial charge in [-0.2, -0.15) is 0 Å². The van der Waals surface area contributed by atoms with Crippen molar-refractivity contribution in [3.05, 3.63) is 60.4 Å². The lowest BCUT2D eigenvalue weighted by Gasteiger charge is -2.34. The summed E-state index contributed by atoms with van der Waals surface area (Å²) in [6.07, 6.45) is 6.03. The topological polar surface area (TPSA) is 180 Å². The lowest BCUT2D eigenvalue weighted by Crippen LogP contribution is -2.56. The number of cyclic esters (lactones) is 1. The molecule has 2 aromatic heterocycles. The molecule has 5 aliphatic heterocycles. The number of aromatic nitrogens is 2. The molecule has 2 N–H and O–H groups in total. The van der Waals surface area contributed by atoms with Crippen LogP contribution in [0.15, 0.2) is 49.2 Å². The fourth-order valence-corrected chi connectivity index (χ4v) is 18.2. The standard InChI is InChI=1S/C50H71N9O9Si4/c1-10-42(60)57-29-68-72(31-57)23-21-56(30-72)49(64)54(8)44(32(3)4)46(61)52-69-41-25-35-27-55(20-22-67-71-35)34-16-17-39-37(24-34)38(45(58(39)11-2)36-14-12-18-51-43(36)33(5)65-9)26-50(6,7)28-66-48(63)40-15-13-19-59(47(41)62)53-70-40/h10,12,14,16-18,24,32-33,35,40-41,44,53H,1,11,13,15,19-23,25-31H2,2-9H3,(H,52,61)/t33-,35-,40-,41?,44-,72+/m0/s1. The van der Waals surface area contributed by atoms with E-state index in [4.69, 9.17) is 23.3 Å². The number of hydrogen-bond acceptors (Lipinski definition) is 12. The number of fused-ring (bicyclic) bond motifs is 7. The zero-order valence-electron chi connectivity index (χ0n) is 43.1. The molecule has 1 spiro atoms. The minimum Gasteiger partial charge on any atom is -0.465 e. The number of ether oxygens (including phenoxy) is 2. The summed E-state index contributed by atoms with van der Waals surface area (Å²) in [5.74, 6) is -1.18. The highest BCUT2D eigenvalue weighted by Gasteiger charge is 2.51.